The van der Waals surface area contributed by atoms with Crippen molar-refractivity contribution in [3.8, 4) is 0 Å². The Balaban J connectivity index is 1.96. The number of rotatable bonds is 5. The summed E-state index contributed by atoms with van der Waals surface area (Å²) < 4.78 is 0. The van der Waals surface area contributed by atoms with Crippen LogP contribution in [0.15, 0.2) is 105 Å². The van der Waals surface area contributed by atoms with E-state index < -0.39 is 0 Å². The minimum absolute atomic E-state index is 0.204. The van der Waals surface area contributed by atoms with Crippen molar-refractivity contribution in [1.82, 2.24) is 0 Å². The zero-order valence-corrected chi connectivity index (χ0v) is 22.1. The predicted octanol–water partition coefficient (Wildman–Crippen LogP) is 9.71. The molecule has 0 aromatic heterocycles. The molecule has 0 spiro atoms. The summed E-state index contributed by atoms with van der Waals surface area (Å²) in [6.45, 7) is 18.9. The molecule has 0 heterocycles. The fraction of sp³-hybridized carbons (Fsp3) is 0.438. The Bertz CT molecular complexity index is 1050. The van der Waals surface area contributed by atoms with Gasteiger partial charge in [-0.25, -0.2) is 0 Å². The minimum atomic E-state index is 0.204. The van der Waals surface area contributed by atoms with Crippen molar-refractivity contribution in [1.29, 1.82) is 0 Å². The van der Waals surface area contributed by atoms with Crippen molar-refractivity contribution in [2.75, 3.05) is 0 Å². The summed E-state index contributed by atoms with van der Waals surface area (Å²) in [7, 11) is 0. The molecular weight excluding hydrogens is 416 g/mol. The summed E-state index contributed by atoms with van der Waals surface area (Å²) in [5, 5.41) is 0. The van der Waals surface area contributed by atoms with Gasteiger partial charge in [0.1, 0.15) is 0 Å². The maximum Gasteiger partial charge on any atom is 0.0119 e. The number of thioether (sulfide) groups is 1. The molecular formula is C32H40S. The van der Waals surface area contributed by atoms with Crippen LogP contribution in [0.1, 0.15) is 60.8 Å². The third kappa shape index (κ3) is 4.94. The molecule has 3 aliphatic carbocycles. The molecule has 33 heavy (non-hydrogen) atoms. The largest absolute Gasteiger partial charge is 0.0955 e. The lowest BCUT2D eigenvalue weighted by molar-refractivity contribution is 0.182. The molecule has 0 N–H and O–H groups in total. The minimum Gasteiger partial charge on any atom is -0.0955 e. The molecule has 4 rings (SSSR count). The number of hydrogen-bond acceptors (Lipinski definition) is 1. The van der Waals surface area contributed by atoms with E-state index in [0.29, 0.717) is 23.7 Å². The van der Waals surface area contributed by atoms with Crippen LogP contribution < -0.4 is 0 Å². The average Bonchev–Trinajstić information content (AvgIpc) is 2.77. The van der Waals surface area contributed by atoms with Crippen LogP contribution in [0.3, 0.4) is 0 Å². The Labute approximate surface area is 206 Å². The van der Waals surface area contributed by atoms with Gasteiger partial charge in [-0.1, -0.05) is 120 Å². The Morgan fingerprint density at radius 3 is 2.39 bits per heavy atom. The summed E-state index contributed by atoms with van der Waals surface area (Å²) in [6.07, 6.45) is 14.9. The van der Waals surface area contributed by atoms with E-state index in [-0.39, 0.29) is 5.41 Å². The monoisotopic (exact) mass is 456 g/mol. The average molecular weight is 457 g/mol. The van der Waals surface area contributed by atoms with Crippen LogP contribution in [0.5, 0.6) is 0 Å². The fourth-order valence-corrected chi connectivity index (χ4v) is 7.52. The van der Waals surface area contributed by atoms with E-state index in [1.54, 1.807) is 21.6 Å². The van der Waals surface area contributed by atoms with Crippen molar-refractivity contribution in [2.24, 2.45) is 29.1 Å². The van der Waals surface area contributed by atoms with E-state index >= 15 is 0 Å². The summed E-state index contributed by atoms with van der Waals surface area (Å²) >= 11 is 2.03. The van der Waals surface area contributed by atoms with Gasteiger partial charge in [0, 0.05) is 16.7 Å². The van der Waals surface area contributed by atoms with Crippen LogP contribution in [0.4, 0.5) is 0 Å². The first-order valence-corrected chi connectivity index (χ1v) is 13.4. The zero-order valence-electron chi connectivity index (χ0n) is 21.3. The van der Waals surface area contributed by atoms with E-state index in [0.717, 1.165) is 19.3 Å². The van der Waals surface area contributed by atoms with Crippen LogP contribution >= 0.6 is 11.8 Å². The molecule has 174 valence electrons. The molecule has 0 fully saturated rings. The van der Waals surface area contributed by atoms with Crippen LogP contribution in [0.25, 0.3) is 0 Å². The summed E-state index contributed by atoms with van der Waals surface area (Å²) in [4.78, 5) is 2.96. The number of hydrogen-bond donors (Lipinski definition) is 0. The lowest BCUT2D eigenvalue weighted by atomic mass is 9.59. The first-order valence-electron chi connectivity index (χ1n) is 12.6. The van der Waals surface area contributed by atoms with Crippen LogP contribution in [0.2, 0.25) is 0 Å². The molecule has 0 radical (unpaired) electrons. The predicted molar refractivity (Wildman–Crippen MR) is 146 cm³/mol. The van der Waals surface area contributed by atoms with Crippen molar-refractivity contribution in [2.45, 2.75) is 65.7 Å². The first kappa shape index (κ1) is 24.1. The smallest absolute Gasteiger partial charge is 0.0119 e. The van der Waals surface area contributed by atoms with Gasteiger partial charge >= 0.3 is 0 Å². The highest BCUT2D eigenvalue weighted by atomic mass is 32.2. The molecule has 3 atom stereocenters. The number of allylic oxidation sites excluding steroid dienone is 11. The molecule has 0 nitrogen and oxygen atoms in total. The quantitative estimate of drug-likeness (QED) is 0.425. The standard InChI is InChI=1S/C32H40S/c1-21(2)28-30(32(5,6)7)27-19-12-11-18-26(27)29(23(4)24-15-13-14-22(3)20-24)31(28)33-25-16-9-8-10-17-25/h8-10,12-17,19,21,23,28,30H,3,11,18,20H2,1-2,4-7H3. The van der Waals surface area contributed by atoms with Gasteiger partial charge in [0.15, 0.2) is 0 Å². The van der Waals surface area contributed by atoms with Gasteiger partial charge in [0.2, 0.25) is 0 Å². The first-order chi connectivity index (χ1) is 15.7. The molecule has 1 heteroatoms. The van der Waals surface area contributed by atoms with Crippen molar-refractivity contribution >= 4 is 11.8 Å². The molecule has 0 amide bonds. The van der Waals surface area contributed by atoms with Crippen LogP contribution in [-0.2, 0) is 0 Å². The molecule has 1 aromatic rings. The van der Waals surface area contributed by atoms with Gasteiger partial charge in [0.05, 0.1) is 0 Å². The number of benzene rings is 1. The Morgan fingerprint density at radius 2 is 1.76 bits per heavy atom. The highest BCUT2D eigenvalue weighted by molar-refractivity contribution is 8.03. The van der Waals surface area contributed by atoms with E-state index in [1.807, 2.05) is 11.8 Å². The van der Waals surface area contributed by atoms with E-state index in [4.69, 9.17) is 0 Å². The second-order valence-electron chi connectivity index (χ2n) is 11.3. The fourth-order valence-electron chi connectivity index (χ4n) is 6.01. The lowest BCUT2D eigenvalue weighted by Crippen LogP contribution is -2.38. The molecule has 0 aliphatic heterocycles. The van der Waals surface area contributed by atoms with Crippen molar-refractivity contribution in [3.63, 3.8) is 0 Å². The molecule has 0 saturated heterocycles. The van der Waals surface area contributed by atoms with Crippen molar-refractivity contribution in [3.05, 3.63) is 100 Å². The van der Waals surface area contributed by atoms with Gasteiger partial charge in [-0.15, -0.1) is 0 Å². The third-order valence-electron chi connectivity index (χ3n) is 7.48. The van der Waals surface area contributed by atoms with Crippen LogP contribution in [-0.4, -0.2) is 0 Å². The lowest BCUT2D eigenvalue weighted by Gasteiger charge is -2.48. The maximum atomic E-state index is 4.28. The highest BCUT2D eigenvalue weighted by Gasteiger charge is 2.45. The summed E-state index contributed by atoms with van der Waals surface area (Å²) in [5.41, 5.74) is 7.77. The molecule has 3 aliphatic rings. The summed E-state index contributed by atoms with van der Waals surface area (Å²) in [5.74, 6) is 2.01. The highest BCUT2D eigenvalue weighted by Crippen LogP contribution is 2.57. The van der Waals surface area contributed by atoms with Gasteiger partial charge in [-0.3, -0.25) is 0 Å². The second-order valence-corrected chi connectivity index (χ2v) is 12.5. The Morgan fingerprint density at radius 1 is 1.03 bits per heavy atom. The SMILES string of the molecule is C=C1C=CC=C(C(C)C2=C(Sc3ccccc3)C(C(C)C)C(C(C)(C)C)C3=C2CCC=C3)C1. The van der Waals surface area contributed by atoms with E-state index in [9.17, 15) is 0 Å². The zero-order chi connectivity index (χ0) is 23.8. The molecule has 1 aromatic carbocycles. The van der Waals surface area contributed by atoms with Crippen molar-refractivity contribution < 1.29 is 0 Å². The van der Waals surface area contributed by atoms with Gasteiger partial charge < -0.3 is 0 Å². The molecule has 0 saturated carbocycles. The topological polar surface area (TPSA) is 0 Å². The second kappa shape index (κ2) is 9.71. The summed E-state index contributed by atoms with van der Waals surface area (Å²) in [6, 6.07) is 11.0. The van der Waals surface area contributed by atoms with Gasteiger partial charge in [-0.2, -0.15) is 0 Å². The van der Waals surface area contributed by atoms with E-state index in [2.05, 4.69) is 109 Å². The van der Waals surface area contributed by atoms with Crippen LogP contribution in [0, 0.1) is 29.1 Å². The van der Waals surface area contributed by atoms with Gasteiger partial charge in [-0.05, 0) is 70.3 Å². The van der Waals surface area contributed by atoms with E-state index in [1.165, 1.54) is 16.0 Å². The normalized spacial score (nSPS) is 24.3. The Hall–Kier alpha value is -1.99. The van der Waals surface area contributed by atoms with Gasteiger partial charge in [0.25, 0.3) is 0 Å². The molecule has 3 unspecified atom stereocenters. The maximum absolute atomic E-state index is 4.28. The third-order valence-corrected chi connectivity index (χ3v) is 8.70. The Kier molecular flexibility index (Phi) is 7.10. The molecule has 0 bridgehead atoms.